The molecule has 98 valence electrons. The number of halogens is 1. The van der Waals surface area contributed by atoms with E-state index in [1.807, 2.05) is 12.1 Å². The molecule has 0 spiro atoms. The molecular formula is C15H21ClN2. The predicted octanol–water partition coefficient (Wildman–Crippen LogP) is 3.15. The molecule has 3 rings (SSSR count). The first-order valence-electron chi connectivity index (χ1n) is 7.00. The molecule has 2 nitrogen and oxygen atoms in total. The highest BCUT2D eigenvalue weighted by atomic mass is 35.5. The van der Waals surface area contributed by atoms with E-state index in [4.69, 9.17) is 17.4 Å². The van der Waals surface area contributed by atoms with Gasteiger partial charge >= 0.3 is 0 Å². The monoisotopic (exact) mass is 264 g/mol. The van der Waals surface area contributed by atoms with Crippen LogP contribution in [0.25, 0.3) is 0 Å². The predicted molar refractivity (Wildman–Crippen MR) is 75.2 cm³/mol. The van der Waals surface area contributed by atoms with Gasteiger partial charge in [-0.3, -0.25) is 11.3 Å². The third kappa shape index (κ3) is 2.42. The second-order valence-corrected chi connectivity index (χ2v) is 6.23. The van der Waals surface area contributed by atoms with Crippen molar-refractivity contribution in [3.63, 3.8) is 0 Å². The van der Waals surface area contributed by atoms with Gasteiger partial charge in [-0.1, -0.05) is 36.6 Å². The van der Waals surface area contributed by atoms with E-state index < -0.39 is 0 Å². The van der Waals surface area contributed by atoms with Crippen molar-refractivity contribution < 1.29 is 0 Å². The standard InChI is InChI=1S/C15H21ClN2/c16-11-5-3-4-10(8-11)9-14(18-17)15-12-6-1-2-7-13(12)15/h3-5,8,12-15,18H,1-2,6-7,9,17H2. The highest BCUT2D eigenvalue weighted by molar-refractivity contribution is 6.30. The minimum absolute atomic E-state index is 0.413. The summed E-state index contributed by atoms with van der Waals surface area (Å²) in [6.07, 6.45) is 6.62. The molecule has 0 radical (unpaired) electrons. The van der Waals surface area contributed by atoms with Crippen LogP contribution in [0.1, 0.15) is 31.2 Å². The van der Waals surface area contributed by atoms with E-state index in [1.54, 1.807) is 0 Å². The van der Waals surface area contributed by atoms with Crippen molar-refractivity contribution >= 4 is 11.6 Å². The highest BCUT2D eigenvalue weighted by Gasteiger charge is 2.53. The van der Waals surface area contributed by atoms with Gasteiger partial charge in [-0.15, -0.1) is 0 Å². The van der Waals surface area contributed by atoms with Gasteiger partial charge in [-0.05, 0) is 54.7 Å². The number of hydrogen-bond donors (Lipinski definition) is 2. The summed E-state index contributed by atoms with van der Waals surface area (Å²) in [5.41, 5.74) is 4.33. The molecule has 0 aliphatic heterocycles. The summed E-state index contributed by atoms with van der Waals surface area (Å²) < 4.78 is 0. The first-order chi connectivity index (χ1) is 8.79. The van der Waals surface area contributed by atoms with Crippen LogP contribution in [0.2, 0.25) is 5.02 Å². The van der Waals surface area contributed by atoms with Crippen molar-refractivity contribution in [3.8, 4) is 0 Å². The van der Waals surface area contributed by atoms with Crippen LogP contribution in [0.3, 0.4) is 0 Å². The number of nitrogens with one attached hydrogen (secondary N) is 1. The van der Waals surface area contributed by atoms with Crippen LogP contribution in [0.5, 0.6) is 0 Å². The quantitative estimate of drug-likeness (QED) is 0.648. The van der Waals surface area contributed by atoms with E-state index in [1.165, 1.54) is 31.2 Å². The zero-order chi connectivity index (χ0) is 12.5. The lowest BCUT2D eigenvalue weighted by molar-refractivity contribution is 0.437. The van der Waals surface area contributed by atoms with Gasteiger partial charge in [0.25, 0.3) is 0 Å². The first kappa shape index (κ1) is 12.5. The van der Waals surface area contributed by atoms with Gasteiger partial charge < -0.3 is 0 Å². The Morgan fingerprint density at radius 1 is 1.28 bits per heavy atom. The molecule has 2 fully saturated rings. The van der Waals surface area contributed by atoms with Gasteiger partial charge in [0.1, 0.15) is 0 Å². The molecule has 0 amide bonds. The lowest BCUT2D eigenvalue weighted by Gasteiger charge is -2.16. The molecule has 0 bridgehead atoms. The molecule has 2 saturated carbocycles. The maximum atomic E-state index is 6.04. The maximum Gasteiger partial charge on any atom is 0.0408 e. The average molecular weight is 265 g/mol. The van der Waals surface area contributed by atoms with Crippen molar-refractivity contribution in [2.24, 2.45) is 23.6 Å². The number of hydrazine groups is 1. The number of hydrogen-bond acceptors (Lipinski definition) is 2. The molecule has 3 N–H and O–H groups in total. The molecule has 18 heavy (non-hydrogen) atoms. The SMILES string of the molecule is NNC(Cc1cccc(Cl)c1)C1C2CCCCC21. The zero-order valence-electron chi connectivity index (χ0n) is 10.6. The summed E-state index contributed by atoms with van der Waals surface area (Å²) in [5.74, 6) is 8.42. The van der Waals surface area contributed by atoms with Crippen molar-refractivity contribution in [3.05, 3.63) is 34.9 Å². The van der Waals surface area contributed by atoms with Crippen LogP contribution < -0.4 is 11.3 Å². The largest absolute Gasteiger partial charge is 0.271 e. The Morgan fingerprint density at radius 2 is 2.00 bits per heavy atom. The van der Waals surface area contributed by atoms with E-state index in [0.717, 1.165) is 29.2 Å². The molecule has 2 aliphatic rings. The van der Waals surface area contributed by atoms with Gasteiger partial charge in [-0.2, -0.15) is 0 Å². The van der Waals surface area contributed by atoms with Crippen LogP contribution >= 0.6 is 11.6 Å². The topological polar surface area (TPSA) is 38.0 Å². The average Bonchev–Trinajstić information content (AvgIpc) is 3.10. The van der Waals surface area contributed by atoms with Crippen LogP contribution in [0.15, 0.2) is 24.3 Å². The molecule has 3 heteroatoms. The molecule has 3 atom stereocenters. The Morgan fingerprint density at radius 3 is 2.61 bits per heavy atom. The number of nitrogens with two attached hydrogens (primary N) is 1. The van der Waals surface area contributed by atoms with Crippen molar-refractivity contribution in [1.82, 2.24) is 5.43 Å². The molecule has 0 saturated heterocycles. The van der Waals surface area contributed by atoms with Gasteiger partial charge in [0.15, 0.2) is 0 Å². The lowest BCUT2D eigenvalue weighted by Crippen LogP contribution is -2.39. The number of rotatable bonds is 4. The van der Waals surface area contributed by atoms with Crippen molar-refractivity contribution in [2.75, 3.05) is 0 Å². The van der Waals surface area contributed by atoms with Gasteiger partial charge in [0.2, 0.25) is 0 Å². The molecule has 2 aliphatic carbocycles. The molecule has 1 aromatic rings. The molecule has 0 heterocycles. The summed E-state index contributed by atoms with van der Waals surface area (Å²) in [4.78, 5) is 0. The van der Waals surface area contributed by atoms with Crippen LogP contribution in [0.4, 0.5) is 0 Å². The summed E-state index contributed by atoms with van der Waals surface area (Å²) in [5, 5.41) is 0.816. The fourth-order valence-corrected chi connectivity index (χ4v) is 4.08. The second-order valence-electron chi connectivity index (χ2n) is 5.80. The maximum absolute atomic E-state index is 6.04. The van der Waals surface area contributed by atoms with Crippen LogP contribution in [-0.2, 0) is 6.42 Å². The van der Waals surface area contributed by atoms with Crippen LogP contribution in [0, 0.1) is 17.8 Å². The Labute approximate surface area is 114 Å². The van der Waals surface area contributed by atoms with Gasteiger partial charge in [0, 0.05) is 11.1 Å². The Balaban J connectivity index is 1.66. The van der Waals surface area contributed by atoms with E-state index in [0.29, 0.717) is 6.04 Å². The van der Waals surface area contributed by atoms with E-state index in [9.17, 15) is 0 Å². The normalized spacial score (nSPS) is 31.8. The fraction of sp³-hybridized carbons (Fsp3) is 0.600. The fourth-order valence-electron chi connectivity index (χ4n) is 3.87. The molecule has 1 aromatic carbocycles. The molecule has 3 unspecified atom stereocenters. The number of benzene rings is 1. The highest BCUT2D eigenvalue weighted by Crippen LogP contribution is 2.57. The van der Waals surface area contributed by atoms with E-state index in [2.05, 4.69) is 17.6 Å². The van der Waals surface area contributed by atoms with E-state index in [-0.39, 0.29) is 0 Å². The number of fused-ring (bicyclic) bond motifs is 1. The lowest BCUT2D eigenvalue weighted by atomic mass is 10.0. The van der Waals surface area contributed by atoms with Crippen molar-refractivity contribution in [2.45, 2.75) is 38.1 Å². The third-order valence-corrected chi connectivity index (χ3v) is 4.98. The Bertz CT molecular complexity index is 409. The van der Waals surface area contributed by atoms with Gasteiger partial charge in [-0.25, -0.2) is 0 Å². The summed E-state index contributed by atoms with van der Waals surface area (Å²) in [7, 11) is 0. The minimum Gasteiger partial charge on any atom is -0.271 e. The summed E-state index contributed by atoms with van der Waals surface area (Å²) >= 11 is 6.04. The Hall–Kier alpha value is -0.570. The Kier molecular flexibility index (Phi) is 3.60. The molecular weight excluding hydrogens is 244 g/mol. The summed E-state index contributed by atoms with van der Waals surface area (Å²) in [6, 6.07) is 8.55. The summed E-state index contributed by atoms with van der Waals surface area (Å²) in [6.45, 7) is 0. The molecule has 0 aromatic heterocycles. The minimum atomic E-state index is 0.413. The zero-order valence-corrected chi connectivity index (χ0v) is 11.4. The smallest absolute Gasteiger partial charge is 0.0408 e. The van der Waals surface area contributed by atoms with Crippen molar-refractivity contribution in [1.29, 1.82) is 0 Å². The first-order valence-corrected chi connectivity index (χ1v) is 7.38. The third-order valence-electron chi connectivity index (χ3n) is 4.75. The van der Waals surface area contributed by atoms with Crippen LogP contribution in [-0.4, -0.2) is 6.04 Å². The van der Waals surface area contributed by atoms with E-state index >= 15 is 0 Å². The van der Waals surface area contributed by atoms with Gasteiger partial charge in [0.05, 0.1) is 0 Å². The second kappa shape index (κ2) is 5.20.